The van der Waals surface area contributed by atoms with Crippen molar-refractivity contribution >= 4 is 15.9 Å². The van der Waals surface area contributed by atoms with Crippen LogP contribution >= 0.6 is 0 Å². The second kappa shape index (κ2) is 8.45. The Kier molecular flexibility index (Phi) is 6.67. The van der Waals surface area contributed by atoms with Crippen molar-refractivity contribution in [3.63, 3.8) is 0 Å². The first kappa shape index (κ1) is 22.1. The summed E-state index contributed by atoms with van der Waals surface area (Å²) in [5.74, 6) is -0.342. The number of amides is 1. The maximum Gasteiger partial charge on any atom is 0.243 e. The quantitative estimate of drug-likeness (QED) is 0.799. The van der Waals surface area contributed by atoms with Gasteiger partial charge in [-0.2, -0.15) is 4.31 Å². The summed E-state index contributed by atoms with van der Waals surface area (Å²) in [6.45, 7) is 9.99. The molecular weight excluding hydrogens is 372 g/mol. The van der Waals surface area contributed by atoms with Crippen molar-refractivity contribution in [3.8, 4) is 0 Å². The van der Waals surface area contributed by atoms with Gasteiger partial charge >= 0.3 is 0 Å². The molecule has 0 bridgehead atoms. The van der Waals surface area contributed by atoms with Crippen molar-refractivity contribution in [2.45, 2.75) is 51.0 Å². The summed E-state index contributed by atoms with van der Waals surface area (Å²) in [5, 5.41) is 2.87. The van der Waals surface area contributed by atoms with E-state index in [2.05, 4.69) is 38.2 Å². The van der Waals surface area contributed by atoms with Crippen molar-refractivity contribution in [2.24, 2.45) is 0 Å². The number of hydrogen-bond donors (Lipinski definition) is 1. The van der Waals surface area contributed by atoms with E-state index in [-0.39, 0.29) is 28.8 Å². The Morgan fingerprint density at radius 1 is 1.04 bits per heavy atom. The molecule has 0 aliphatic carbocycles. The summed E-state index contributed by atoms with van der Waals surface area (Å²) in [7, 11) is -2.29. The fourth-order valence-corrected chi connectivity index (χ4v) is 3.95. The van der Waals surface area contributed by atoms with Gasteiger partial charge in [-0.05, 0) is 42.5 Å². The van der Waals surface area contributed by atoms with Crippen LogP contribution in [0.3, 0.4) is 0 Å². The van der Waals surface area contributed by atoms with Gasteiger partial charge in [0.1, 0.15) is 0 Å². The highest BCUT2D eigenvalue weighted by Crippen LogP contribution is 2.24. The zero-order valence-electron chi connectivity index (χ0n) is 17.5. The predicted octanol–water partition coefficient (Wildman–Crippen LogP) is 3.79. The van der Waals surface area contributed by atoms with Crippen LogP contribution in [0, 0.1) is 6.92 Å². The van der Waals surface area contributed by atoms with Crippen LogP contribution in [0.5, 0.6) is 0 Å². The summed E-state index contributed by atoms with van der Waals surface area (Å²) >= 11 is 0. The van der Waals surface area contributed by atoms with Crippen LogP contribution in [0.1, 0.15) is 50.4 Å². The minimum Gasteiger partial charge on any atom is -0.348 e. The van der Waals surface area contributed by atoms with Crippen LogP contribution in [0.2, 0.25) is 0 Å². The molecule has 5 nitrogen and oxygen atoms in total. The molecule has 28 heavy (non-hydrogen) atoms. The molecule has 0 aliphatic heterocycles. The minimum absolute atomic E-state index is 0.0675. The van der Waals surface area contributed by atoms with E-state index in [0.717, 1.165) is 15.4 Å². The first-order chi connectivity index (χ1) is 12.9. The SMILES string of the molecule is Cc1ccc(S(=O)(=O)N(C)CC(=O)NC(C)c2ccc(C(C)(C)C)cc2)cc1. The van der Waals surface area contributed by atoms with Gasteiger partial charge < -0.3 is 5.32 Å². The molecule has 0 saturated carbocycles. The van der Waals surface area contributed by atoms with Crippen LogP contribution in [0.15, 0.2) is 53.4 Å². The average molecular weight is 403 g/mol. The van der Waals surface area contributed by atoms with E-state index in [4.69, 9.17) is 0 Å². The Bertz CT molecular complexity index is 912. The lowest BCUT2D eigenvalue weighted by atomic mass is 9.86. The van der Waals surface area contributed by atoms with Gasteiger partial charge in [0.2, 0.25) is 15.9 Å². The molecule has 1 N–H and O–H groups in total. The normalized spacial score (nSPS) is 13.4. The smallest absolute Gasteiger partial charge is 0.243 e. The Morgan fingerprint density at radius 2 is 1.57 bits per heavy atom. The first-order valence-corrected chi connectivity index (χ1v) is 10.8. The number of nitrogens with zero attached hydrogens (tertiary/aromatic N) is 1. The van der Waals surface area contributed by atoms with Crippen LogP contribution in [-0.4, -0.2) is 32.2 Å². The third kappa shape index (κ3) is 5.42. The van der Waals surface area contributed by atoms with Gasteiger partial charge in [-0.25, -0.2) is 8.42 Å². The zero-order valence-corrected chi connectivity index (χ0v) is 18.3. The lowest BCUT2D eigenvalue weighted by molar-refractivity contribution is -0.121. The Labute approximate surface area is 168 Å². The highest BCUT2D eigenvalue weighted by atomic mass is 32.2. The van der Waals surface area contributed by atoms with Crippen molar-refractivity contribution in [1.82, 2.24) is 9.62 Å². The fraction of sp³-hybridized carbons (Fsp3) is 0.409. The largest absolute Gasteiger partial charge is 0.348 e. The molecule has 6 heteroatoms. The summed E-state index contributed by atoms with van der Waals surface area (Å²) in [6.07, 6.45) is 0. The van der Waals surface area contributed by atoms with Crippen molar-refractivity contribution in [3.05, 3.63) is 65.2 Å². The Hall–Kier alpha value is -2.18. The van der Waals surface area contributed by atoms with Gasteiger partial charge in [0, 0.05) is 7.05 Å². The van der Waals surface area contributed by atoms with E-state index in [0.29, 0.717) is 0 Å². The van der Waals surface area contributed by atoms with Gasteiger partial charge in [0.05, 0.1) is 17.5 Å². The number of likely N-dealkylation sites (N-methyl/N-ethyl adjacent to an activating group) is 1. The standard InChI is InChI=1S/C22H30N2O3S/c1-16-7-13-20(14-8-16)28(26,27)24(6)15-21(25)23-17(2)18-9-11-19(12-10-18)22(3,4)5/h7-14,17H,15H2,1-6H3,(H,23,25). The van der Waals surface area contributed by atoms with E-state index >= 15 is 0 Å². The van der Waals surface area contributed by atoms with E-state index in [1.54, 1.807) is 24.3 Å². The highest BCUT2D eigenvalue weighted by Gasteiger charge is 2.23. The topological polar surface area (TPSA) is 66.5 Å². The number of benzene rings is 2. The molecule has 0 aliphatic rings. The molecular formula is C22H30N2O3S. The zero-order chi connectivity index (χ0) is 21.1. The van der Waals surface area contributed by atoms with Crippen LogP contribution in [-0.2, 0) is 20.2 Å². The van der Waals surface area contributed by atoms with E-state index in [1.807, 2.05) is 26.0 Å². The Balaban J connectivity index is 2.01. The maximum absolute atomic E-state index is 12.6. The van der Waals surface area contributed by atoms with E-state index in [1.165, 1.54) is 12.6 Å². The summed E-state index contributed by atoms with van der Waals surface area (Å²) in [4.78, 5) is 12.6. The van der Waals surface area contributed by atoms with Crippen molar-refractivity contribution in [1.29, 1.82) is 0 Å². The second-order valence-electron chi connectivity index (χ2n) is 8.24. The van der Waals surface area contributed by atoms with Gasteiger partial charge in [-0.15, -0.1) is 0 Å². The molecule has 152 valence electrons. The number of rotatable bonds is 6. The third-order valence-electron chi connectivity index (χ3n) is 4.75. The number of carbonyl (C=O) groups is 1. The van der Waals surface area contributed by atoms with Gasteiger partial charge in [-0.1, -0.05) is 62.7 Å². The third-order valence-corrected chi connectivity index (χ3v) is 6.57. The van der Waals surface area contributed by atoms with Gasteiger partial charge in [-0.3, -0.25) is 4.79 Å². The molecule has 0 heterocycles. The molecule has 0 radical (unpaired) electrons. The molecule has 0 fully saturated rings. The fourth-order valence-electron chi connectivity index (χ4n) is 2.82. The van der Waals surface area contributed by atoms with Crippen LogP contribution < -0.4 is 5.32 Å². The average Bonchev–Trinajstić information content (AvgIpc) is 2.61. The predicted molar refractivity (Wildman–Crippen MR) is 113 cm³/mol. The minimum atomic E-state index is -3.70. The monoisotopic (exact) mass is 402 g/mol. The molecule has 0 aromatic heterocycles. The molecule has 1 unspecified atom stereocenters. The molecule has 1 atom stereocenters. The Morgan fingerprint density at radius 3 is 2.07 bits per heavy atom. The summed E-state index contributed by atoms with van der Waals surface area (Å²) < 4.78 is 26.3. The van der Waals surface area contributed by atoms with E-state index < -0.39 is 10.0 Å². The summed E-state index contributed by atoms with van der Waals surface area (Å²) in [6, 6.07) is 14.5. The van der Waals surface area contributed by atoms with Gasteiger partial charge in [0.25, 0.3) is 0 Å². The number of carbonyl (C=O) groups excluding carboxylic acids is 1. The maximum atomic E-state index is 12.6. The lowest BCUT2D eigenvalue weighted by Gasteiger charge is -2.22. The van der Waals surface area contributed by atoms with E-state index in [9.17, 15) is 13.2 Å². The van der Waals surface area contributed by atoms with Crippen molar-refractivity contribution in [2.75, 3.05) is 13.6 Å². The number of nitrogens with one attached hydrogen (secondary N) is 1. The molecule has 2 rings (SSSR count). The highest BCUT2D eigenvalue weighted by molar-refractivity contribution is 7.89. The van der Waals surface area contributed by atoms with Crippen molar-refractivity contribution < 1.29 is 13.2 Å². The molecule has 2 aromatic carbocycles. The van der Waals surface area contributed by atoms with Crippen LogP contribution in [0.25, 0.3) is 0 Å². The second-order valence-corrected chi connectivity index (χ2v) is 10.3. The first-order valence-electron chi connectivity index (χ1n) is 9.34. The van der Waals surface area contributed by atoms with Gasteiger partial charge in [0.15, 0.2) is 0 Å². The number of hydrogen-bond acceptors (Lipinski definition) is 3. The number of sulfonamides is 1. The van der Waals surface area contributed by atoms with Crippen LogP contribution in [0.4, 0.5) is 0 Å². The molecule has 0 spiro atoms. The molecule has 0 saturated heterocycles. The number of aryl methyl sites for hydroxylation is 1. The molecule has 2 aromatic rings. The summed E-state index contributed by atoms with van der Waals surface area (Å²) in [5.41, 5.74) is 3.24. The molecule has 1 amide bonds. The lowest BCUT2D eigenvalue weighted by Crippen LogP contribution is -2.39.